The van der Waals surface area contributed by atoms with Gasteiger partial charge in [0.05, 0.1) is 16.3 Å². The minimum Gasteiger partial charge on any atom is -0.317 e. The SMILES string of the molecule is CS(=O)(=O)c1ccc(CC(=O)Nc2cc(-c3cccc(Cl)c3)cs2)cc1. The van der Waals surface area contributed by atoms with Crippen LogP contribution in [-0.4, -0.2) is 20.6 Å². The van der Waals surface area contributed by atoms with Crippen LogP contribution in [0.15, 0.2) is 64.9 Å². The molecule has 4 nitrogen and oxygen atoms in total. The number of anilines is 1. The van der Waals surface area contributed by atoms with Crippen LogP contribution in [0.4, 0.5) is 5.00 Å². The van der Waals surface area contributed by atoms with Crippen LogP contribution >= 0.6 is 22.9 Å². The van der Waals surface area contributed by atoms with Crippen LogP contribution in [0, 0.1) is 0 Å². The summed E-state index contributed by atoms with van der Waals surface area (Å²) in [4.78, 5) is 12.5. The topological polar surface area (TPSA) is 63.2 Å². The van der Waals surface area contributed by atoms with Crippen LogP contribution in [-0.2, 0) is 21.1 Å². The Labute approximate surface area is 161 Å². The molecule has 1 heterocycles. The first kappa shape index (κ1) is 18.6. The molecule has 3 aromatic rings. The van der Waals surface area contributed by atoms with Crippen molar-refractivity contribution in [1.82, 2.24) is 0 Å². The lowest BCUT2D eigenvalue weighted by molar-refractivity contribution is -0.115. The molecule has 0 atom stereocenters. The molecule has 0 aliphatic heterocycles. The van der Waals surface area contributed by atoms with Crippen LogP contribution in [0.2, 0.25) is 5.02 Å². The van der Waals surface area contributed by atoms with E-state index in [1.165, 1.54) is 23.5 Å². The molecule has 0 aliphatic carbocycles. The zero-order valence-corrected chi connectivity index (χ0v) is 16.3. The van der Waals surface area contributed by atoms with Gasteiger partial charge in [0.25, 0.3) is 0 Å². The number of rotatable bonds is 5. The maximum absolute atomic E-state index is 12.2. The summed E-state index contributed by atoms with van der Waals surface area (Å²) in [5, 5.41) is 6.24. The van der Waals surface area contributed by atoms with Gasteiger partial charge in [-0.05, 0) is 47.0 Å². The predicted octanol–water partition coefficient (Wildman–Crippen LogP) is 4.65. The molecule has 0 saturated carbocycles. The van der Waals surface area contributed by atoms with Gasteiger partial charge >= 0.3 is 0 Å². The molecule has 0 bridgehead atoms. The largest absolute Gasteiger partial charge is 0.317 e. The van der Waals surface area contributed by atoms with Gasteiger partial charge in [-0.15, -0.1) is 11.3 Å². The molecule has 134 valence electrons. The second-order valence-corrected chi connectivity index (χ2v) is 9.21. The van der Waals surface area contributed by atoms with Gasteiger partial charge in [0.2, 0.25) is 5.91 Å². The standard InChI is InChI=1S/C19H16ClNO3S2/c1-26(23,24)17-7-5-13(6-8-17)9-18(22)21-19-11-15(12-25-19)14-3-2-4-16(20)10-14/h2-8,10-12H,9H2,1H3,(H,21,22). The van der Waals surface area contributed by atoms with Crippen molar-refractivity contribution in [3.63, 3.8) is 0 Å². The summed E-state index contributed by atoms with van der Waals surface area (Å²) < 4.78 is 22.9. The smallest absolute Gasteiger partial charge is 0.229 e. The summed E-state index contributed by atoms with van der Waals surface area (Å²) in [6, 6.07) is 15.8. The molecule has 0 fully saturated rings. The number of carbonyl (C=O) groups is 1. The first-order valence-corrected chi connectivity index (χ1v) is 10.9. The van der Waals surface area contributed by atoms with Crippen LogP contribution in [0.25, 0.3) is 11.1 Å². The predicted molar refractivity (Wildman–Crippen MR) is 107 cm³/mol. The quantitative estimate of drug-likeness (QED) is 0.671. The lowest BCUT2D eigenvalue weighted by Crippen LogP contribution is -2.13. The highest BCUT2D eigenvalue weighted by Gasteiger charge is 2.10. The van der Waals surface area contributed by atoms with Gasteiger partial charge < -0.3 is 5.32 Å². The highest BCUT2D eigenvalue weighted by molar-refractivity contribution is 7.90. The maximum atomic E-state index is 12.2. The molecule has 0 saturated heterocycles. The molecular formula is C19H16ClNO3S2. The van der Waals surface area contributed by atoms with Crippen molar-refractivity contribution >= 4 is 43.7 Å². The monoisotopic (exact) mass is 405 g/mol. The molecule has 2 aromatic carbocycles. The van der Waals surface area contributed by atoms with Crippen LogP contribution in [0.1, 0.15) is 5.56 Å². The average Bonchev–Trinajstić information content (AvgIpc) is 3.03. The molecule has 1 amide bonds. The first-order chi connectivity index (χ1) is 12.3. The minimum absolute atomic E-state index is 0.156. The van der Waals surface area contributed by atoms with Gasteiger partial charge in [0, 0.05) is 16.7 Å². The Morgan fingerprint density at radius 1 is 1.08 bits per heavy atom. The van der Waals surface area contributed by atoms with E-state index in [2.05, 4.69) is 5.32 Å². The highest BCUT2D eigenvalue weighted by atomic mass is 35.5. The van der Waals surface area contributed by atoms with Gasteiger partial charge in [-0.2, -0.15) is 0 Å². The third kappa shape index (κ3) is 4.72. The van der Waals surface area contributed by atoms with E-state index in [-0.39, 0.29) is 17.2 Å². The summed E-state index contributed by atoms with van der Waals surface area (Å²) in [6.45, 7) is 0. The Balaban J connectivity index is 1.65. The average molecular weight is 406 g/mol. The Morgan fingerprint density at radius 3 is 2.46 bits per heavy atom. The Hall–Kier alpha value is -2.15. The highest BCUT2D eigenvalue weighted by Crippen LogP contribution is 2.30. The van der Waals surface area contributed by atoms with Crippen molar-refractivity contribution in [2.75, 3.05) is 11.6 Å². The van der Waals surface area contributed by atoms with Gasteiger partial charge in [-0.25, -0.2) is 8.42 Å². The normalized spacial score (nSPS) is 11.3. The summed E-state index contributed by atoms with van der Waals surface area (Å²) in [5.41, 5.74) is 2.73. The van der Waals surface area contributed by atoms with E-state index in [4.69, 9.17) is 11.6 Å². The van der Waals surface area contributed by atoms with E-state index in [0.717, 1.165) is 27.9 Å². The third-order valence-electron chi connectivity index (χ3n) is 3.74. The van der Waals surface area contributed by atoms with Gasteiger partial charge in [0.15, 0.2) is 9.84 Å². The second-order valence-electron chi connectivity index (χ2n) is 5.85. The molecule has 26 heavy (non-hydrogen) atoms. The fourth-order valence-electron chi connectivity index (χ4n) is 2.44. The lowest BCUT2D eigenvalue weighted by atomic mass is 10.1. The third-order valence-corrected chi connectivity index (χ3v) is 5.95. The number of benzene rings is 2. The van der Waals surface area contributed by atoms with E-state index < -0.39 is 9.84 Å². The number of hydrogen-bond acceptors (Lipinski definition) is 4. The summed E-state index contributed by atoms with van der Waals surface area (Å²) >= 11 is 7.45. The zero-order valence-electron chi connectivity index (χ0n) is 13.9. The lowest BCUT2D eigenvalue weighted by Gasteiger charge is -2.04. The van der Waals surface area contributed by atoms with Crippen molar-refractivity contribution in [2.24, 2.45) is 0 Å². The van der Waals surface area contributed by atoms with Crippen molar-refractivity contribution in [1.29, 1.82) is 0 Å². The number of hydrogen-bond donors (Lipinski definition) is 1. The van der Waals surface area contributed by atoms with Gasteiger partial charge in [-0.3, -0.25) is 4.79 Å². The van der Waals surface area contributed by atoms with E-state index in [1.54, 1.807) is 12.1 Å². The van der Waals surface area contributed by atoms with Gasteiger partial charge in [0.1, 0.15) is 0 Å². The van der Waals surface area contributed by atoms with Crippen molar-refractivity contribution in [3.8, 4) is 11.1 Å². The van der Waals surface area contributed by atoms with E-state index in [1.807, 2.05) is 35.7 Å². The molecule has 7 heteroatoms. The molecular weight excluding hydrogens is 390 g/mol. The number of halogens is 1. The van der Waals surface area contributed by atoms with E-state index >= 15 is 0 Å². The number of carbonyl (C=O) groups excluding carboxylic acids is 1. The Morgan fingerprint density at radius 2 is 1.81 bits per heavy atom. The van der Waals surface area contributed by atoms with Crippen molar-refractivity contribution < 1.29 is 13.2 Å². The number of thiophene rings is 1. The van der Waals surface area contributed by atoms with Crippen LogP contribution in [0.3, 0.4) is 0 Å². The molecule has 0 unspecified atom stereocenters. The summed E-state index contributed by atoms with van der Waals surface area (Å²) in [5.74, 6) is -0.156. The number of amides is 1. The molecule has 0 aliphatic rings. The van der Waals surface area contributed by atoms with Crippen molar-refractivity contribution in [2.45, 2.75) is 11.3 Å². The van der Waals surface area contributed by atoms with E-state index in [0.29, 0.717) is 5.02 Å². The molecule has 3 rings (SSSR count). The molecule has 0 radical (unpaired) electrons. The first-order valence-electron chi connectivity index (χ1n) is 7.74. The van der Waals surface area contributed by atoms with Gasteiger partial charge in [-0.1, -0.05) is 35.9 Å². The fraction of sp³-hybridized carbons (Fsp3) is 0.105. The summed E-state index contributed by atoms with van der Waals surface area (Å²) in [6.07, 6.45) is 1.33. The Bertz CT molecular complexity index is 1040. The molecule has 1 N–H and O–H groups in total. The van der Waals surface area contributed by atoms with Crippen molar-refractivity contribution in [3.05, 3.63) is 70.6 Å². The fourth-order valence-corrected chi connectivity index (χ4v) is 4.09. The minimum atomic E-state index is -3.23. The number of sulfone groups is 1. The second kappa shape index (κ2) is 7.61. The molecule has 0 spiro atoms. The van der Waals surface area contributed by atoms with E-state index in [9.17, 15) is 13.2 Å². The molecule has 1 aromatic heterocycles. The van der Waals surface area contributed by atoms with Crippen LogP contribution in [0.5, 0.6) is 0 Å². The zero-order chi connectivity index (χ0) is 18.7. The summed E-state index contributed by atoms with van der Waals surface area (Å²) in [7, 11) is -3.23. The maximum Gasteiger partial charge on any atom is 0.229 e. The van der Waals surface area contributed by atoms with Crippen LogP contribution < -0.4 is 5.32 Å². The Kier molecular flexibility index (Phi) is 5.46. The number of nitrogens with one attached hydrogen (secondary N) is 1.